The lowest BCUT2D eigenvalue weighted by molar-refractivity contribution is 0.395. The molecule has 8 heteroatoms. The minimum Gasteiger partial charge on any atom is -0.497 e. The number of anilines is 2. The van der Waals surface area contributed by atoms with Crippen LogP contribution < -0.4 is 15.8 Å². The topological polar surface area (TPSA) is 97.5 Å². The van der Waals surface area contributed by atoms with Crippen LogP contribution in [-0.4, -0.2) is 37.6 Å². The lowest BCUT2D eigenvalue weighted by Gasteiger charge is -2.28. The van der Waals surface area contributed by atoms with Gasteiger partial charge in [-0.05, 0) is 47.4 Å². The quantitative estimate of drug-likeness (QED) is 0.613. The molecule has 0 bridgehead atoms. The van der Waals surface area contributed by atoms with Crippen LogP contribution in [-0.2, 0) is 29.5 Å². The van der Waals surface area contributed by atoms with Gasteiger partial charge in [-0.1, -0.05) is 18.2 Å². The highest BCUT2D eigenvalue weighted by atomic mass is 32.2. The number of methoxy groups -OCH3 is 1. The van der Waals surface area contributed by atoms with E-state index in [4.69, 9.17) is 10.5 Å². The van der Waals surface area contributed by atoms with E-state index in [-0.39, 0.29) is 0 Å². The van der Waals surface area contributed by atoms with Gasteiger partial charge in [0.15, 0.2) is 0 Å². The Morgan fingerprint density at radius 1 is 1.19 bits per heavy atom. The van der Waals surface area contributed by atoms with Crippen LogP contribution in [0.5, 0.6) is 5.75 Å². The van der Waals surface area contributed by atoms with Gasteiger partial charge < -0.3 is 15.8 Å². The third-order valence-corrected chi connectivity index (χ3v) is 6.80. The smallest absolute Gasteiger partial charge is 0.211 e. The highest BCUT2D eigenvalue weighted by Gasteiger charge is 2.24. The summed E-state index contributed by atoms with van der Waals surface area (Å²) >= 11 is 0. The second-order valence-electron chi connectivity index (χ2n) is 7.57. The number of nitrogens with one attached hydrogen (secondary N) is 1. The molecule has 3 N–H and O–H groups in total. The highest BCUT2D eigenvalue weighted by molar-refractivity contribution is 7.88. The zero-order chi connectivity index (χ0) is 22.0. The summed E-state index contributed by atoms with van der Waals surface area (Å²) in [7, 11) is -1.58. The summed E-state index contributed by atoms with van der Waals surface area (Å²) in [6.45, 7) is 1.28. The third kappa shape index (κ3) is 4.56. The summed E-state index contributed by atoms with van der Waals surface area (Å²) in [5, 5.41) is 3.51. The van der Waals surface area contributed by atoms with Gasteiger partial charge in [-0.3, -0.25) is 4.98 Å². The van der Waals surface area contributed by atoms with Crippen LogP contribution >= 0.6 is 0 Å². The summed E-state index contributed by atoms with van der Waals surface area (Å²) in [6.07, 6.45) is 3.64. The van der Waals surface area contributed by atoms with Gasteiger partial charge in [0.2, 0.25) is 10.0 Å². The number of sulfonamides is 1. The van der Waals surface area contributed by atoms with Crippen molar-refractivity contribution in [1.29, 1.82) is 0 Å². The zero-order valence-corrected chi connectivity index (χ0v) is 18.4. The Balaban J connectivity index is 1.67. The zero-order valence-electron chi connectivity index (χ0n) is 17.6. The molecule has 0 unspecified atom stereocenters. The maximum atomic E-state index is 11.9. The highest BCUT2D eigenvalue weighted by Crippen LogP contribution is 2.32. The lowest BCUT2D eigenvalue weighted by Crippen LogP contribution is -2.35. The van der Waals surface area contributed by atoms with E-state index in [2.05, 4.69) is 10.3 Å². The van der Waals surface area contributed by atoms with Crippen molar-refractivity contribution < 1.29 is 13.2 Å². The number of hydrogen-bond acceptors (Lipinski definition) is 6. The molecule has 0 atom stereocenters. The fourth-order valence-electron chi connectivity index (χ4n) is 3.90. The Morgan fingerprint density at radius 3 is 2.77 bits per heavy atom. The van der Waals surface area contributed by atoms with Crippen molar-refractivity contribution >= 4 is 21.4 Å². The Kier molecular flexibility index (Phi) is 5.95. The van der Waals surface area contributed by atoms with E-state index >= 15 is 0 Å². The third-order valence-electron chi connectivity index (χ3n) is 5.55. The van der Waals surface area contributed by atoms with Gasteiger partial charge in [-0.2, -0.15) is 4.31 Å². The molecular formula is C23H26N4O3S. The minimum absolute atomic E-state index is 0.398. The fraction of sp³-hybridized carbons (Fsp3) is 0.261. The Hall–Kier alpha value is -2.94. The van der Waals surface area contributed by atoms with Gasteiger partial charge in [0.25, 0.3) is 0 Å². The predicted octanol–water partition coefficient (Wildman–Crippen LogP) is 3.28. The maximum absolute atomic E-state index is 11.9. The SMILES string of the molecule is COc1ccnc(-c2cc(Nc3cccc4c3CCN(S(C)(=O)=O)C4)ccc2CN)c1. The molecule has 0 fully saturated rings. The average molecular weight is 439 g/mol. The monoisotopic (exact) mass is 438 g/mol. The number of rotatable bonds is 6. The van der Waals surface area contributed by atoms with Gasteiger partial charge in [0.1, 0.15) is 5.75 Å². The van der Waals surface area contributed by atoms with Crippen LogP contribution in [0.15, 0.2) is 54.7 Å². The second-order valence-corrected chi connectivity index (χ2v) is 9.55. The predicted molar refractivity (Wildman–Crippen MR) is 123 cm³/mol. The van der Waals surface area contributed by atoms with Crippen LogP contribution in [0.4, 0.5) is 11.4 Å². The molecule has 31 heavy (non-hydrogen) atoms. The standard InChI is InChI=1S/C23H26N4O3S/c1-30-19-8-10-25-23(13-19)21-12-18(7-6-16(21)14-24)26-22-5-3-4-17-15-27(31(2,28)29)11-9-20(17)22/h3-8,10,12-13,26H,9,11,14-15,24H2,1-2H3. The number of ether oxygens (including phenoxy) is 1. The number of benzene rings is 2. The van der Waals surface area contributed by atoms with Crippen LogP contribution in [0.3, 0.4) is 0 Å². The molecule has 2 heterocycles. The molecule has 2 aromatic carbocycles. The number of nitrogens with zero attached hydrogens (tertiary/aromatic N) is 2. The molecule has 1 aromatic heterocycles. The molecule has 0 spiro atoms. The van der Waals surface area contributed by atoms with Crippen LogP contribution in [0.2, 0.25) is 0 Å². The van der Waals surface area contributed by atoms with E-state index < -0.39 is 10.0 Å². The molecular weight excluding hydrogens is 412 g/mol. The number of nitrogens with two attached hydrogens (primary N) is 1. The molecule has 0 saturated heterocycles. The molecule has 162 valence electrons. The molecule has 1 aliphatic rings. The van der Waals surface area contributed by atoms with E-state index in [1.807, 2.05) is 48.5 Å². The molecule has 0 aliphatic carbocycles. The largest absolute Gasteiger partial charge is 0.497 e. The molecule has 3 aromatic rings. The van der Waals surface area contributed by atoms with Crippen molar-refractivity contribution in [2.75, 3.05) is 25.2 Å². The van der Waals surface area contributed by atoms with Crippen molar-refractivity contribution in [3.63, 3.8) is 0 Å². The van der Waals surface area contributed by atoms with E-state index in [1.54, 1.807) is 13.3 Å². The lowest BCUT2D eigenvalue weighted by atomic mass is 9.98. The fourth-order valence-corrected chi connectivity index (χ4v) is 4.69. The van der Waals surface area contributed by atoms with Crippen molar-refractivity contribution in [2.45, 2.75) is 19.5 Å². The summed E-state index contributed by atoms with van der Waals surface area (Å²) < 4.78 is 30.7. The van der Waals surface area contributed by atoms with Gasteiger partial charge in [-0.15, -0.1) is 0 Å². The van der Waals surface area contributed by atoms with Gasteiger partial charge >= 0.3 is 0 Å². The van der Waals surface area contributed by atoms with Crippen molar-refractivity contribution in [3.05, 3.63) is 71.4 Å². The summed E-state index contributed by atoms with van der Waals surface area (Å²) in [6, 6.07) is 15.7. The van der Waals surface area contributed by atoms with Gasteiger partial charge in [0.05, 0.1) is 19.1 Å². The summed E-state index contributed by atoms with van der Waals surface area (Å²) in [5.41, 5.74) is 12.8. The Morgan fingerprint density at radius 2 is 2.03 bits per heavy atom. The maximum Gasteiger partial charge on any atom is 0.211 e. The first-order valence-corrected chi connectivity index (χ1v) is 11.9. The van der Waals surface area contributed by atoms with E-state index in [0.717, 1.165) is 45.1 Å². The summed E-state index contributed by atoms with van der Waals surface area (Å²) in [5.74, 6) is 0.735. The average Bonchev–Trinajstić information content (AvgIpc) is 2.78. The number of fused-ring (bicyclic) bond motifs is 1. The molecule has 0 amide bonds. The molecule has 0 radical (unpaired) electrons. The van der Waals surface area contributed by atoms with Crippen molar-refractivity contribution in [2.24, 2.45) is 5.73 Å². The first-order chi connectivity index (χ1) is 14.9. The number of hydrogen-bond donors (Lipinski definition) is 2. The molecule has 1 aliphatic heterocycles. The second kappa shape index (κ2) is 8.66. The number of pyridine rings is 1. The molecule has 7 nitrogen and oxygen atoms in total. The van der Waals surface area contributed by atoms with Crippen molar-refractivity contribution in [3.8, 4) is 17.0 Å². The summed E-state index contributed by atoms with van der Waals surface area (Å²) in [4.78, 5) is 4.49. The molecule has 4 rings (SSSR count). The van der Waals surface area contributed by atoms with Crippen LogP contribution in [0.1, 0.15) is 16.7 Å². The Labute approximate surface area is 182 Å². The first-order valence-electron chi connectivity index (χ1n) is 10.1. The Bertz CT molecular complexity index is 1210. The van der Waals surface area contributed by atoms with Gasteiger partial charge in [0, 0.05) is 48.8 Å². The molecule has 0 saturated carbocycles. The first kappa shape index (κ1) is 21.3. The van der Waals surface area contributed by atoms with Crippen LogP contribution in [0.25, 0.3) is 11.3 Å². The van der Waals surface area contributed by atoms with E-state index in [0.29, 0.717) is 26.1 Å². The van der Waals surface area contributed by atoms with E-state index in [9.17, 15) is 8.42 Å². The van der Waals surface area contributed by atoms with E-state index in [1.165, 1.54) is 10.6 Å². The number of aromatic nitrogens is 1. The normalized spacial score (nSPS) is 14.2. The van der Waals surface area contributed by atoms with Crippen LogP contribution in [0, 0.1) is 0 Å². The minimum atomic E-state index is -3.21. The van der Waals surface area contributed by atoms with Crippen molar-refractivity contribution in [1.82, 2.24) is 9.29 Å². The van der Waals surface area contributed by atoms with Gasteiger partial charge in [-0.25, -0.2) is 8.42 Å².